The lowest BCUT2D eigenvalue weighted by Gasteiger charge is -2.41. The van der Waals surface area contributed by atoms with Crippen LogP contribution in [0, 0.1) is 0 Å². The molecule has 3 atom stereocenters. The predicted octanol–water partition coefficient (Wildman–Crippen LogP) is 14.9. The van der Waals surface area contributed by atoms with Gasteiger partial charge in [-0.15, -0.1) is 0 Å². The van der Waals surface area contributed by atoms with Crippen molar-refractivity contribution in [3.63, 3.8) is 0 Å². The average molecular weight is 1450 g/mol. The first kappa shape index (κ1) is 84.5. The molecule has 1 aliphatic heterocycles. The smallest absolute Gasteiger partial charge is 0.322 e. The van der Waals surface area contributed by atoms with Crippen LogP contribution in [-0.4, -0.2) is 170 Å². The van der Waals surface area contributed by atoms with E-state index in [1.165, 1.54) is 0 Å². The van der Waals surface area contributed by atoms with Gasteiger partial charge in [0, 0.05) is 6.61 Å². The van der Waals surface area contributed by atoms with Gasteiger partial charge in [-0.05, 0) is 268 Å². The Morgan fingerprint density at radius 1 is 0.329 bits per heavy atom. The van der Waals surface area contributed by atoms with Crippen LogP contribution in [0.2, 0.25) is 261 Å². The fraction of sp³-hybridized carbons (Fsp3) is 1.00. The van der Waals surface area contributed by atoms with Crippen LogP contribution in [0.5, 0.6) is 0 Å². The van der Waals surface area contributed by atoms with E-state index in [1.807, 2.05) is 0 Å². The van der Waals surface area contributed by atoms with Crippen molar-refractivity contribution in [1.82, 2.24) is 0 Å². The van der Waals surface area contributed by atoms with E-state index in [9.17, 15) is 0 Å². The summed E-state index contributed by atoms with van der Waals surface area (Å²) in [5.74, 6) is 0. The molecule has 0 radical (unpaired) electrons. The Labute approximate surface area is 510 Å². The third kappa shape index (κ3) is 48.0. The van der Waals surface area contributed by atoms with Gasteiger partial charge < -0.3 is 70.3 Å². The van der Waals surface area contributed by atoms with Crippen LogP contribution < -0.4 is 0 Å². The first-order valence-corrected chi connectivity index (χ1v) is 82.8. The Morgan fingerprint density at radius 2 is 0.582 bits per heavy atom. The highest BCUT2D eigenvalue weighted by Gasteiger charge is 2.48. The van der Waals surface area contributed by atoms with E-state index in [2.05, 4.69) is 255 Å². The molecule has 0 saturated carbocycles. The van der Waals surface area contributed by atoms with E-state index in [0.29, 0.717) is 0 Å². The molecule has 1 aliphatic rings. The molecule has 478 valence electrons. The maximum atomic E-state index is 6.50. The molecule has 1 heterocycles. The van der Waals surface area contributed by atoms with Crippen molar-refractivity contribution < 1.29 is 70.3 Å². The van der Waals surface area contributed by atoms with E-state index < -0.39 is 164 Å². The summed E-state index contributed by atoms with van der Waals surface area (Å²) in [5, 5.41) is 0. The molecule has 0 bridgehead atoms. The Bertz CT molecular complexity index is 1700. The van der Waals surface area contributed by atoms with Gasteiger partial charge in [0.25, 0.3) is 9.28 Å². The lowest BCUT2D eigenvalue weighted by molar-refractivity contribution is 0.218. The fourth-order valence-electron chi connectivity index (χ4n) is 10.3. The van der Waals surface area contributed by atoms with Gasteiger partial charge in [-0.2, -0.15) is 0 Å². The average Bonchev–Trinajstić information content (AvgIpc) is 2.97. The van der Waals surface area contributed by atoms with Gasteiger partial charge in [0.1, 0.15) is 0 Å². The molecule has 0 amide bonds. The highest BCUT2D eigenvalue weighted by molar-refractivity contribution is 6.92. The second-order valence-corrected chi connectivity index (χ2v) is 99.6. The predicted molar refractivity (Wildman–Crippen MR) is 380 cm³/mol. The molecule has 0 N–H and O–H groups in total. The topological polar surface area (TPSA) is 157 Å². The minimum absolute atomic E-state index is 0.776. The molecule has 17 nitrogen and oxygen atoms in total. The molecule has 0 aromatic carbocycles. The number of hydrogen-bond acceptors (Lipinski definition) is 17. The molecular weight excluding hydrogens is 1320 g/mol. The molecule has 0 aliphatic carbocycles. The molecule has 36 heteroatoms. The summed E-state index contributed by atoms with van der Waals surface area (Å²) in [6.45, 7) is 84.2. The Balaban J connectivity index is 0. The molecule has 3 unspecified atom stereocenters. The zero-order valence-corrected chi connectivity index (χ0v) is 78.0. The van der Waals surface area contributed by atoms with Crippen molar-refractivity contribution in [2.45, 2.75) is 274 Å². The minimum atomic E-state index is -2.39. The minimum Gasteiger partial charge on any atom is -0.439 e. The molecular formula is C43H128O17Si19. The van der Waals surface area contributed by atoms with Crippen LogP contribution in [0.15, 0.2) is 0 Å². The highest BCUT2D eigenvalue weighted by Crippen LogP contribution is 2.29. The molecule has 1 rings (SSSR count). The normalized spacial score (nSPS) is 20.9. The standard InChI is InChI=1S/2C15H46O6Si7.C13H36O5Si5/c2*1-22(16-25(8,9)18-23(2,3)4)17-26(10,11)20-28(14,15)21-27(12,13)19-24(5,6)7;1-19-15-20(2,3)13-11-10-12-14-21(4,5)17-23(8,9)18-22(6,7)16-19/h2*22H,1-15H3;19H,10-13H2,1-9H3. The summed E-state index contributed by atoms with van der Waals surface area (Å²) < 4.78 is 108. The van der Waals surface area contributed by atoms with E-state index in [-0.39, 0.29) is 0 Å². The monoisotopic (exact) mass is 1450 g/mol. The van der Waals surface area contributed by atoms with Crippen molar-refractivity contribution in [1.29, 1.82) is 0 Å². The maximum absolute atomic E-state index is 6.50. The lowest BCUT2D eigenvalue weighted by Crippen LogP contribution is -2.58. The third-order valence-electron chi connectivity index (χ3n) is 9.51. The van der Waals surface area contributed by atoms with Crippen LogP contribution in [0.25, 0.3) is 0 Å². The zero-order chi connectivity index (χ0) is 63.6. The Hall–Kier alpha value is 3.44. The van der Waals surface area contributed by atoms with Crippen molar-refractivity contribution in [3.05, 3.63) is 0 Å². The molecule has 0 aromatic rings. The van der Waals surface area contributed by atoms with Gasteiger partial charge in [0.2, 0.25) is 0 Å². The van der Waals surface area contributed by atoms with Crippen molar-refractivity contribution in [3.8, 4) is 0 Å². The third-order valence-corrected chi connectivity index (χ3v) is 75.1. The molecule has 1 fully saturated rings. The van der Waals surface area contributed by atoms with Crippen molar-refractivity contribution >= 4 is 164 Å². The van der Waals surface area contributed by atoms with E-state index in [4.69, 9.17) is 70.3 Å². The molecule has 1 saturated heterocycles. The summed E-state index contributed by atoms with van der Waals surface area (Å²) >= 11 is 0. The van der Waals surface area contributed by atoms with Crippen LogP contribution in [-0.2, 0) is 70.3 Å². The summed E-state index contributed by atoms with van der Waals surface area (Å²) in [6.07, 6.45) is 2.22. The first-order chi connectivity index (χ1) is 34.1. The number of hydrogen-bond donors (Lipinski definition) is 0. The molecule has 0 spiro atoms. The summed E-state index contributed by atoms with van der Waals surface area (Å²) in [6, 6.07) is 1.16. The second kappa shape index (κ2) is 31.5. The number of rotatable bonds is 24. The van der Waals surface area contributed by atoms with Crippen LogP contribution in [0.4, 0.5) is 0 Å². The Morgan fingerprint density at radius 3 is 0.886 bits per heavy atom. The fourth-order valence-corrected chi connectivity index (χ4v) is 92.1. The van der Waals surface area contributed by atoms with Gasteiger partial charge in [-0.25, -0.2) is 0 Å². The van der Waals surface area contributed by atoms with Gasteiger partial charge >= 0.3 is 113 Å². The largest absolute Gasteiger partial charge is 0.439 e. The van der Waals surface area contributed by atoms with E-state index >= 15 is 0 Å². The summed E-state index contributed by atoms with van der Waals surface area (Å²) in [5.41, 5.74) is 0. The lowest BCUT2D eigenvalue weighted by atomic mass is 10.4. The van der Waals surface area contributed by atoms with Gasteiger partial charge in [-0.3, -0.25) is 0 Å². The van der Waals surface area contributed by atoms with Crippen LogP contribution in [0.3, 0.4) is 0 Å². The van der Waals surface area contributed by atoms with E-state index in [0.717, 1.165) is 25.5 Å². The first-order valence-electron chi connectivity index (χ1n) is 28.8. The maximum Gasteiger partial charge on any atom is 0.322 e. The van der Waals surface area contributed by atoms with Gasteiger partial charge in [0.15, 0.2) is 41.6 Å². The molecule has 0 aromatic heterocycles. The van der Waals surface area contributed by atoms with Crippen LogP contribution in [0.1, 0.15) is 12.8 Å². The highest BCUT2D eigenvalue weighted by atomic mass is 28.5. The zero-order valence-electron chi connectivity index (χ0n) is 58.5. The molecule has 79 heavy (non-hydrogen) atoms. The summed E-state index contributed by atoms with van der Waals surface area (Å²) in [7, 11) is -38.8. The SMILES string of the molecule is C[SiH](O[Si](C)(C)O[Si](C)(C)C)O[Si](C)(C)O[Si](C)(C)O[Si](C)(C)O[Si](C)(C)C.C[SiH](O[Si](C)(C)O[Si](C)(C)C)O[Si](C)(C)O[Si](C)(C)O[Si](C)(C)O[Si](C)(C)C.C[SiH]1O[Si](C)(C)CCCCO[Si](C)(C)O[Si](C)(C)O[Si](C)(C)O1. The second-order valence-electron chi connectivity index (χ2n) is 30.3. The van der Waals surface area contributed by atoms with Crippen LogP contribution >= 0.6 is 0 Å². The van der Waals surface area contributed by atoms with E-state index in [1.54, 1.807) is 0 Å². The van der Waals surface area contributed by atoms with Gasteiger partial charge in [-0.1, -0.05) is 6.42 Å². The van der Waals surface area contributed by atoms with Crippen molar-refractivity contribution in [2.75, 3.05) is 6.61 Å². The van der Waals surface area contributed by atoms with Crippen molar-refractivity contribution in [2.24, 2.45) is 0 Å². The Kier molecular flexibility index (Phi) is 33.6. The quantitative estimate of drug-likeness (QED) is 0.0840. The summed E-state index contributed by atoms with van der Waals surface area (Å²) in [4.78, 5) is 0. The van der Waals surface area contributed by atoms with Gasteiger partial charge in [0.05, 0.1) is 0 Å².